The van der Waals surface area contributed by atoms with Gasteiger partial charge in [0.25, 0.3) is 0 Å². The van der Waals surface area contributed by atoms with Crippen LogP contribution in [0.4, 0.5) is 5.69 Å². The molecule has 2 N–H and O–H groups in total. The number of anilines is 1. The molecule has 0 bridgehead atoms. The Hall–Kier alpha value is -2.36. The van der Waals surface area contributed by atoms with Crippen LogP contribution in [0.2, 0.25) is 0 Å². The number of aromatic hydroxyl groups is 1. The molecule has 0 radical (unpaired) electrons. The largest absolute Gasteiger partial charge is 0.506 e. The van der Waals surface area contributed by atoms with Gasteiger partial charge in [-0.3, -0.25) is 9.78 Å². The maximum Gasteiger partial charge on any atom is 0.230 e. The summed E-state index contributed by atoms with van der Waals surface area (Å²) < 4.78 is 0. The van der Waals surface area contributed by atoms with Gasteiger partial charge < -0.3 is 10.4 Å². The number of benzene rings is 1. The van der Waals surface area contributed by atoms with Crippen molar-refractivity contribution < 1.29 is 9.90 Å². The molecule has 0 saturated heterocycles. The van der Waals surface area contributed by atoms with E-state index >= 15 is 0 Å². The number of hydrogen-bond donors (Lipinski definition) is 2. The Morgan fingerprint density at radius 3 is 2.79 bits per heavy atom. The van der Waals surface area contributed by atoms with Crippen molar-refractivity contribution in [2.45, 2.75) is 20.3 Å². The molecule has 1 amide bonds. The van der Waals surface area contributed by atoms with E-state index in [1.807, 2.05) is 32.0 Å². The molecule has 0 aliphatic carbocycles. The third-order valence-corrected chi connectivity index (χ3v) is 2.87. The summed E-state index contributed by atoms with van der Waals surface area (Å²) in [5.41, 5.74) is 3.08. The van der Waals surface area contributed by atoms with Gasteiger partial charge in [-0.1, -0.05) is 12.1 Å². The summed E-state index contributed by atoms with van der Waals surface area (Å²) >= 11 is 0. The summed E-state index contributed by atoms with van der Waals surface area (Å²) in [4.78, 5) is 16.1. The molecule has 98 valence electrons. The van der Waals surface area contributed by atoms with E-state index in [0.717, 1.165) is 16.8 Å². The van der Waals surface area contributed by atoms with E-state index in [4.69, 9.17) is 0 Å². The molecular weight excluding hydrogens is 240 g/mol. The van der Waals surface area contributed by atoms with Gasteiger partial charge in [0, 0.05) is 6.20 Å². The second-order valence-electron chi connectivity index (χ2n) is 4.51. The molecule has 0 saturated carbocycles. The van der Waals surface area contributed by atoms with Crippen LogP contribution in [0.1, 0.15) is 16.8 Å². The van der Waals surface area contributed by atoms with E-state index in [1.54, 1.807) is 18.3 Å². The minimum atomic E-state index is -0.194. The number of nitrogens with one attached hydrogen (secondary N) is 1. The highest BCUT2D eigenvalue weighted by Crippen LogP contribution is 2.23. The van der Waals surface area contributed by atoms with Crippen LogP contribution in [0.5, 0.6) is 5.75 Å². The van der Waals surface area contributed by atoms with Gasteiger partial charge in [0.2, 0.25) is 5.91 Å². The van der Waals surface area contributed by atoms with Gasteiger partial charge in [0.05, 0.1) is 17.8 Å². The number of amides is 1. The van der Waals surface area contributed by atoms with Crippen molar-refractivity contribution in [3.63, 3.8) is 0 Å². The van der Waals surface area contributed by atoms with Crippen LogP contribution in [0.15, 0.2) is 36.5 Å². The van der Waals surface area contributed by atoms with Crippen molar-refractivity contribution in [2.24, 2.45) is 0 Å². The van der Waals surface area contributed by atoms with Crippen LogP contribution in [-0.2, 0) is 11.2 Å². The first-order valence-electron chi connectivity index (χ1n) is 6.06. The predicted molar refractivity (Wildman–Crippen MR) is 74.2 cm³/mol. The maximum atomic E-state index is 11.9. The summed E-state index contributed by atoms with van der Waals surface area (Å²) in [6, 6.07) is 8.89. The molecule has 0 atom stereocenters. The second-order valence-corrected chi connectivity index (χ2v) is 4.51. The molecule has 0 fully saturated rings. The van der Waals surface area contributed by atoms with E-state index in [1.165, 1.54) is 0 Å². The predicted octanol–water partition coefficient (Wildman–Crippen LogP) is 2.59. The fourth-order valence-corrected chi connectivity index (χ4v) is 1.80. The molecular formula is C15H16N2O2. The zero-order valence-electron chi connectivity index (χ0n) is 11.0. The topological polar surface area (TPSA) is 62.2 Å². The number of rotatable bonds is 3. The van der Waals surface area contributed by atoms with Gasteiger partial charge in [-0.25, -0.2) is 0 Å². The highest BCUT2D eigenvalue weighted by Gasteiger charge is 2.09. The van der Waals surface area contributed by atoms with E-state index in [2.05, 4.69) is 10.3 Å². The zero-order valence-corrected chi connectivity index (χ0v) is 11.0. The van der Waals surface area contributed by atoms with Crippen LogP contribution in [-0.4, -0.2) is 16.0 Å². The quantitative estimate of drug-likeness (QED) is 0.830. The summed E-state index contributed by atoms with van der Waals surface area (Å²) in [6.07, 6.45) is 1.86. The van der Waals surface area contributed by atoms with Crippen molar-refractivity contribution in [3.8, 4) is 5.75 Å². The minimum Gasteiger partial charge on any atom is -0.506 e. The molecule has 1 heterocycles. The van der Waals surface area contributed by atoms with Crippen molar-refractivity contribution >= 4 is 11.6 Å². The third-order valence-electron chi connectivity index (χ3n) is 2.87. The lowest BCUT2D eigenvalue weighted by Crippen LogP contribution is -2.16. The van der Waals surface area contributed by atoms with Crippen molar-refractivity contribution in [3.05, 3.63) is 53.3 Å². The van der Waals surface area contributed by atoms with Gasteiger partial charge in [0.15, 0.2) is 0 Å². The average molecular weight is 256 g/mol. The number of aromatic nitrogens is 1. The Morgan fingerprint density at radius 2 is 2.11 bits per heavy atom. The monoisotopic (exact) mass is 256 g/mol. The molecule has 19 heavy (non-hydrogen) atoms. The summed E-state index contributed by atoms with van der Waals surface area (Å²) in [7, 11) is 0. The summed E-state index contributed by atoms with van der Waals surface area (Å²) in [5.74, 6) is -0.118. The Bertz CT molecular complexity index is 609. The number of carbonyl (C=O) groups excluding carboxylic acids is 1. The summed E-state index contributed by atoms with van der Waals surface area (Å²) in [6.45, 7) is 3.79. The second kappa shape index (κ2) is 5.52. The van der Waals surface area contributed by atoms with Crippen molar-refractivity contribution in [2.75, 3.05) is 5.32 Å². The molecule has 0 aliphatic rings. The Kier molecular flexibility index (Phi) is 3.80. The number of phenolic OH excluding ortho intramolecular Hbond substituents is 1. The number of pyridine rings is 1. The molecule has 0 unspecified atom stereocenters. The highest BCUT2D eigenvalue weighted by atomic mass is 16.3. The number of phenols is 1. The van der Waals surface area contributed by atoms with Crippen LogP contribution in [0.3, 0.4) is 0 Å². The number of hydrogen-bond acceptors (Lipinski definition) is 3. The van der Waals surface area contributed by atoms with E-state index < -0.39 is 0 Å². The van der Waals surface area contributed by atoms with Crippen LogP contribution in [0, 0.1) is 13.8 Å². The first-order chi connectivity index (χ1) is 9.06. The van der Waals surface area contributed by atoms with Gasteiger partial charge in [-0.15, -0.1) is 0 Å². The fraction of sp³-hybridized carbons (Fsp3) is 0.200. The number of carbonyl (C=O) groups is 1. The Morgan fingerprint density at radius 1 is 1.32 bits per heavy atom. The van der Waals surface area contributed by atoms with Crippen molar-refractivity contribution in [1.82, 2.24) is 4.98 Å². The van der Waals surface area contributed by atoms with Crippen LogP contribution >= 0.6 is 0 Å². The maximum absolute atomic E-state index is 11.9. The molecule has 1 aromatic carbocycles. The normalized spacial score (nSPS) is 10.2. The molecule has 0 spiro atoms. The van der Waals surface area contributed by atoms with Gasteiger partial charge in [0.1, 0.15) is 5.75 Å². The fourth-order valence-electron chi connectivity index (χ4n) is 1.80. The minimum absolute atomic E-state index is 0.0751. The SMILES string of the molecule is Cc1ccc(NC(=O)Cc2ncccc2C)c(O)c1. The van der Waals surface area contributed by atoms with Crippen LogP contribution in [0.25, 0.3) is 0 Å². The van der Waals surface area contributed by atoms with E-state index in [-0.39, 0.29) is 18.1 Å². The van der Waals surface area contributed by atoms with E-state index in [0.29, 0.717) is 5.69 Å². The van der Waals surface area contributed by atoms with Crippen molar-refractivity contribution in [1.29, 1.82) is 0 Å². The highest BCUT2D eigenvalue weighted by molar-refractivity contribution is 5.93. The average Bonchev–Trinajstić information content (AvgIpc) is 2.36. The molecule has 4 nitrogen and oxygen atoms in total. The molecule has 2 aromatic rings. The molecule has 0 aliphatic heterocycles. The number of nitrogens with zero attached hydrogens (tertiary/aromatic N) is 1. The Balaban J connectivity index is 2.08. The zero-order chi connectivity index (χ0) is 13.8. The standard InChI is InChI=1S/C15H16N2O2/c1-10-5-6-12(14(18)8-10)17-15(19)9-13-11(2)4-3-7-16-13/h3-8,18H,9H2,1-2H3,(H,17,19). The first kappa shape index (κ1) is 13.1. The third kappa shape index (κ3) is 3.31. The van der Waals surface area contributed by atoms with Gasteiger partial charge >= 0.3 is 0 Å². The smallest absolute Gasteiger partial charge is 0.230 e. The lowest BCUT2D eigenvalue weighted by atomic mass is 10.1. The molecule has 1 aromatic heterocycles. The lowest BCUT2D eigenvalue weighted by molar-refractivity contribution is -0.115. The van der Waals surface area contributed by atoms with E-state index in [9.17, 15) is 9.90 Å². The van der Waals surface area contributed by atoms with Crippen LogP contribution < -0.4 is 5.32 Å². The summed E-state index contributed by atoms with van der Waals surface area (Å²) in [5, 5.41) is 12.4. The molecule has 2 rings (SSSR count). The first-order valence-corrected chi connectivity index (χ1v) is 6.06. The number of aryl methyl sites for hydroxylation is 2. The van der Waals surface area contributed by atoms with Gasteiger partial charge in [-0.05, 0) is 43.2 Å². The lowest BCUT2D eigenvalue weighted by Gasteiger charge is -2.08. The van der Waals surface area contributed by atoms with Gasteiger partial charge in [-0.2, -0.15) is 0 Å². The Labute approximate surface area is 112 Å². The molecule has 4 heteroatoms.